The van der Waals surface area contributed by atoms with E-state index in [0.717, 1.165) is 16.8 Å². The molecule has 1 N–H and O–H groups in total. The molecular formula is C16H13NO3. The van der Waals surface area contributed by atoms with E-state index in [1.807, 2.05) is 42.5 Å². The van der Waals surface area contributed by atoms with Gasteiger partial charge in [-0.1, -0.05) is 36.4 Å². The van der Waals surface area contributed by atoms with Crippen LogP contribution >= 0.6 is 0 Å². The minimum atomic E-state index is -0.199. The van der Waals surface area contributed by atoms with E-state index in [0.29, 0.717) is 18.6 Å². The Morgan fingerprint density at radius 3 is 2.35 bits per heavy atom. The molecule has 0 aromatic heterocycles. The number of esters is 1. The Hall–Kier alpha value is -2.62. The van der Waals surface area contributed by atoms with E-state index >= 15 is 0 Å². The highest BCUT2D eigenvalue weighted by molar-refractivity contribution is 5.99. The molecule has 2 aromatic carbocycles. The fourth-order valence-corrected chi connectivity index (χ4v) is 2.23. The number of cyclic esters (lactones) is 1. The summed E-state index contributed by atoms with van der Waals surface area (Å²) in [7, 11) is 0. The van der Waals surface area contributed by atoms with E-state index < -0.39 is 0 Å². The first-order chi connectivity index (χ1) is 9.74. The number of fused-ring (bicyclic) bond motifs is 2. The number of ether oxygens (including phenoxy) is 1. The van der Waals surface area contributed by atoms with Crippen LogP contribution in [0.4, 0.5) is 5.69 Å². The predicted octanol–water partition coefficient (Wildman–Crippen LogP) is 2.54. The van der Waals surface area contributed by atoms with Crippen LogP contribution in [-0.4, -0.2) is 11.9 Å². The van der Waals surface area contributed by atoms with Gasteiger partial charge in [0.25, 0.3) is 0 Å². The molecule has 0 fully saturated rings. The minimum absolute atomic E-state index is 0.0983. The van der Waals surface area contributed by atoms with Crippen molar-refractivity contribution in [1.29, 1.82) is 0 Å². The van der Waals surface area contributed by atoms with E-state index in [4.69, 9.17) is 4.74 Å². The molecule has 0 saturated carbocycles. The van der Waals surface area contributed by atoms with Gasteiger partial charge in [-0.3, -0.25) is 4.79 Å². The highest BCUT2D eigenvalue weighted by Crippen LogP contribution is 2.21. The highest BCUT2D eigenvalue weighted by Gasteiger charge is 2.19. The molecule has 2 heterocycles. The maximum atomic E-state index is 10.8. The van der Waals surface area contributed by atoms with Crippen LogP contribution in [0.25, 0.3) is 0 Å². The van der Waals surface area contributed by atoms with Gasteiger partial charge in [0.05, 0.1) is 12.0 Å². The number of hydrogen-bond donors (Lipinski definition) is 1. The van der Waals surface area contributed by atoms with Gasteiger partial charge in [-0.2, -0.15) is 0 Å². The zero-order valence-electron chi connectivity index (χ0n) is 10.8. The van der Waals surface area contributed by atoms with Gasteiger partial charge >= 0.3 is 5.97 Å². The maximum absolute atomic E-state index is 10.8. The van der Waals surface area contributed by atoms with Crippen LogP contribution in [0.15, 0.2) is 48.5 Å². The van der Waals surface area contributed by atoms with Gasteiger partial charge in [-0.15, -0.1) is 0 Å². The Balaban J connectivity index is 0.000000121. The number of rotatable bonds is 0. The molecule has 0 atom stereocenters. The van der Waals surface area contributed by atoms with Crippen molar-refractivity contribution < 1.29 is 14.3 Å². The molecule has 0 saturated heterocycles. The fraction of sp³-hybridized carbons (Fsp3) is 0.125. The van der Waals surface area contributed by atoms with Crippen molar-refractivity contribution >= 4 is 17.6 Å². The molecule has 2 aliphatic heterocycles. The molecule has 2 aliphatic rings. The zero-order valence-corrected chi connectivity index (χ0v) is 10.8. The summed E-state index contributed by atoms with van der Waals surface area (Å²) in [5.41, 5.74) is 3.77. The molecule has 20 heavy (non-hydrogen) atoms. The van der Waals surface area contributed by atoms with Gasteiger partial charge in [0.2, 0.25) is 5.91 Å². The Morgan fingerprint density at radius 2 is 1.60 bits per heavy atom. The molecule has 0 bridgehead atoms. The molecule has 0 radical (unpaired) electrons. The van der Waals surface area contributed by atoms with Crippen molar-refractivity contribution in [1.82, 2.24) is 0 Å². The van der Waals surface area contributed by atoms with Crippen molar-refractivity contribution in [2.75, 3.05) is 5.32 Å². The van der Waals surface area contributed by atoms with E-state index in [9.17, 15) is 9.59 Å². The predicted molar refractivity (Wildman–Crippen MR) is 74.3 cm³/mol. The van der Waals surface area contributed by atoms with Crippen LogP contribution in [0, 0.1) is 0 Å². The summed E-state index contributed by atoms with van der Waals surface area (Å²) >= 11 is 0. The molecular weight excluding hydrogens is 254 g/mol. The molecule has 0 unspecified atom stereocenters. The third-order valence-electron chi connectivity index (χ3n) is 3.24. The number of nitrogens with one attached hydrogen (secondary N) is 1. The Kier molecular flexibility index (Phi) is 3.21. The number of para-hydroxylation sites is 1. The van der Waals surface area contributed by atoms with Crippen molar-refractivity contribution in [3.63, 3.8) is 0 Å². The van der Waals surface area contributed by atoms with E-state index in [1.54, 1.807) is 6.07 Å². The second-order valence-electron chi connectivity index (χ2n) is 4.62. The largest absolute Gasteiger partial charge is 0.457 e. The topological polar surface area (TPSA) is 55.4 Å². The van der Waals surface area contributed by atoms with Crippen LogP contribution in [-0.2, 0) is 22.6 Å². The summed E-state index contributed by atoms with van der Waals surface area (Å²) in [6.45, 7) is 0.439. The number of hydrogen-bond acceptors (Lipinski definition) is 3. The third-order valence-corrected chi connectivity index (χ3v) is 3.24. The second kappa shape index (κ2) is 5.17. The van der Waals surface area contributed by atoms with Gasteiger partial charge < -0.3 is 10.1 Å². The molecule has 0 aliphatic carbocycles. The van der Waals surface area contributed by atoms with Crippen molar-refractivity contribution in [2.24, 2.45) is 0 Å². The summed E-state index contributed by atoms with van der Waals surface area (Å²) in [5.74, 6) is -0.100. The summed E-state index contributed by atoms with van der Waals surface area (Å²) in [6.07, 6.45) is 0.538. The summed E-state index contributed by atoms with van der Waals surface area (Å²) in [6, 6.07) is 15.2. The number of carbonyl (C=O) groups excluding carboxylic acids is 2. The Morgan fingerprint density at radius 1 is 0.900 bits per heavy atom. The fourth-order valence-electron chi connectivity index (χ4n) is 2.23. The van der Waals surface area contributed by atoms with Gasteiger partial charge in [0, 0.05) is 11.3 Å². The minimum Gasteiger partial charge on any atom is -0.457 e. The molecule has 100 valence electrons. The van der Waals surface area contributed by atoms with Crippen LogP contribution in [0.2, 0.25) is 0 Å². The van der Waals surface area contributed by atoms with Crippen LogP contribution in [0.5, 0.6) is 0 Å². The SMILES string of the molecule is O=C1Cc2ccccc2N1.O=C1OCc2ccccc21. The van der Waals surface area contributed by atoms with Gasteiger partial charge in [0.1, 0.15) is 6.61 Å². The highest BCUT2D eigenvalue weighted by atomic mass is 16.5. The lowest BCUT2D eigenvalue weighted by Crippen LogP contribution is -2.03. The lowest BCUT2D eigenvalue weighted by atomic mass is 10.1. The van der Waals surface area contributed by atoms with Gasteiger partial charge in [0.15, 0.2) is 0 Å². The van der Waals surface area contributed by atoms with E-state index in [1.165, 1.54) is 0 Å². The summed E-state index contributed by atoms with van der Waals surface area (Å²) in [5, 5.41) is 2.76. The lowest BCUT2D eigenvalue weighted by Gasteiger charge is -1.93. The maximum Gasteiger partial charge on any atom is 0.338 e. The van der Waals surface area contributed by atoms with E-state index in [2.05, 4.69) is 5.32 Å². The van der Waals surface area contributed by atoms with Crippen molar-refractivity contribution in [2.45, 2.75) is 13.0 Å². The molecule has 2 aromatic rings. The number of carbonyl (C=O) groups is 2. The Labute approximate surface area is 116 Å². The first-order valence-electron chi connectivity index (χ1n) is 6.37. The average Bonchev–Trinajstić information content (AvgIpc) is 3.02. The van der Waals surface area contributed by atoms with Crippen LogP contribution < -0.4 is 5.32 Å². The molecule has 4 nitrogen and oxygen atoms in total. The molecule has 1 amide bonds. The van der Waals surface area contributed by atoms with Crippen molar-refractivity contribution in [3.8, 4) is 0 Å². The van der Waals surface area contributed by atoms with Gasteiger partial charge in [-0.05, 0) is 17.7 Å². The normalized spacial score (nSPS) is 14.6. The van der Waals surface area contributed by atoms with Crippen molar-refractivity contribution in [3.05, 3.63) is 65.2 Å². The first-order valence-corrected chi connectivity index (χ1v) is 6.37. The first kappa shape index (κ1) is 12.4. The molecule has 4 heteroatoms. The molecule has 0 spiro atoms. The number of anilines is 1. The standard InChI is InChI=1S/C8H7NO.C8H6O2/c10-8-5-6-3-1-2-4-7(6)9-8;9-8-7-4-2-1-3-6(7)5-10-8/h1-4H,5H2,(H,9,10);1-4H,5H2. The molecule has 4 rings (SSSR count). The monoisotopic (exact) mass is 267 g/mol. The average molecular weight is 267 g/mol. The van der Waals surface area contributed by atoms with E-state index in [-0.39, 0.29) is 11.9 Å². The summed E-state index contributed by atoms with van der Waals surface area (Å²) < 4.78 is 4.78. The van der Waals surface area contributed by atoms with Crippen LogP contribution in [0.3, 0.4) is 0 Å². The summed E-state index contributed by atoms with van der Waals surface area (Å²) in [4.78, 5) is 21.6. The number of amides is 1. The number of benzene rings is 2. The second-order valence-corrected chi connectivity index (χ2v) is 4.62. The smallest absolute Gasteiger partial charge is 0.338 e. The third kappa shape index (κ3) is 2.40. The lowest BCUT2D eigenvalue weighted by molar-refractivity contribution is -0.115. The van der Waals surface area contributed by atoms with Gasteiger partial charge in [-0.25, -0.2) is 4.79 Å². The quantitative estimate of drug-likeness (QED) is 0.746. The zero-order chi connectivity index (χ0) is 13.9. The Bertz CT molecular complexity index is 652. The van der Waals surface area contributed by atoms with Crippen LogP contribution in [0.1, 0.15) is 21.5 Å².